The molecule has 9 heteroatoms. The third-order valence-electron chi connectivity index (χ3n) is 4.16. The molecule has 0 bridgehead atoms. The molecule has 0 saturated carbocycles. The molecule has 1 aliphatic heterocycles. The maximum Gasteiger partial charge on any atom is 0.244 e. The van der Waals surface area contributed by atoms with E-state index >= 15 is 0 Å². The molecular weight excluding hydrogens is 358 g/mol. The molecule has 0 aromatic heterocycles. The molecule has 0 aliphatic carbocycles. The number of morpholine rings is 1. The van der Waals surface area contributed by atoms with Gasteiger partial charge in [0.25, 0.3) is 0 Å². The standard InChI is InChI=1S/C17H27N3O5S/c1-13-4-5-15(24-3)16(12-13)26(22,23)19-14(2)17(21)18-6-7-20-8-10-25-11-9-20/h4-5,12,14,19H,6-11H2,1-3H3,(H,18,21)/t14-/m0/s1. The largest absolute Gasteiger partial charge is 0.495 e. The van der Waals surface area contributed by atoms with Crippen molar-refractivity contribution in [1.82, 2.24) is 14.9 Å². The average molecular weight is 385 g/mol. The molecule has 26 heavy (non-hydrogen) atoms. The molecule has 0 unspecified atom stereocenters. The van der Waals surface area contributed by atoms with Gasteiger partial charge in [-0.1, -0.05) is 6.07 Å². The SMILES string of the molecule is COc1ccc(C)cc1S(=O)(=O)N[C@@H](C)C(=O)NCCN1CCOCC1. The van der Waals surface area contributed by atoms with Crippen LogP contribution in [-0.4, -0.2) is 71.8 Å². The molecule has 2 rings (SSSR count). The van der Waals surface area contributed by atoms with Crippen LogP contribution in [0.2, 0.25) is 0 Å². The van der Waals surface area contributed by atoms with Crippen molar-refractivity contribution in [2.24, 2.45) is 0 Å². The Kier molecular flexibility index (Phi) is 7.39. The van der Waals surface area contributed by atoms with Crippen molar-refractivity contribution in [3.05, 3.63) is 23.8 Å². The summed E-state index contributed by atoms with van der Waals surface area (Å²) in [7, 11) is -2.47. The van der Waals surface area contributed by atoms with Crippen LogP contribution in [0.15, 0.2) is 23.1 Å². The van der Waals surface area contributed by atoms with Crippen LogP contribution in [0.25, 0.3) is 0 Å². The lowest BCUT2D eigenvalue weighted by molar-refractivity contribution is -0.122. The van der Waals surface area contributed by atoms with Gasteiger partial charge in [0.05, 0.1) is 26.4 Å². The van der Waals surface area contributed by atoms with E-state index in [4.69, 9.17) is 9.47 Å². The predicted octanol–water partition coefficient (Wildman–Crippen LogP) is 0.119. The summed E-state index contributed by atoms with van der Waals surface area (Å²) in [6.45, 7) is 7.55. The molecule has 1 aliphatic rings. The van der Waals surface area contributed by atoms with Crippen LogP contribution < -0.4 is 14.8 Å². The topological polar surface area (TPSA) is 97.0 Å². The number of benzene rings is 1. The maximum absolute atomic E-state index is 12.6. The quantitative estimate of drug-likeness (QED) is 0.660. The summed E-state index contributed by atoms with van der Waals surface area (Å²) in [6.07, 6.45) is 0. The lowest BCUT2D eigenvalue weighted by Gasteiger charge is -2.26. The lowest BCUT2D eigenvalue weighted by Crippen LogP contribution is -2.47. The summed E-state index contributed by atoms with van der Waals surface area (Å²) in [4.78, 5) is 14.4. The Morgan fingerprint density at radius 1 is 1.35 bits per heavy atom. The zero-order valence-corrected chi connectivity index (χ0v) is 16.3. The Labute approximate surface area is 154 Å². The van der Waals surface area contributed by atoms with Gasteiger partial charge in [-0.15, -0.1) is 0 Å². The third kappa shape index (κ3) is 5.66. The fraction of sp³-hybridized carbons (Fsp3) is 0.588. The summed E-state index contributed by atoms with van der Waals surface area (Å²) < 4.78 is 38.0. The lowest BCUT2D eigenvalue weighted by atomic mass is 10.2. The van der Waals surface area contributed by atoms with E-state index in [1.165, 1.54) is 20.1 Å². The van der Waals surface area contributed by atoms with Crippen molar-refractivity contribution in [2.45, 2.75) is 24.8 Å². The summed E-state index contributed by atoms with van der Waals surface area (Å²) in [5.41, 5.74) is 0.786. The molecule has 1 amide bonds. The van der Waals surface area contributed by atoms with Gasteiger partial charge in [0.1, 0.15) is 10.6 Å². The molecule has 0 radical (unpaired) electrons. The Balaban J connectivity index is 1.91. The highest BCUT2D eigenvalue weighted by Gasteiger charge is 2.25. The van der Waals surface area contributed by atoms with Crippen LogP contribution in [0.4, 0.5) is 0 Å². The Morgan fingerprint density at radius 3 is 2.69 bits per heavy atom. The van der Waals surface area contributed by atoms with Crippen molar-refractivity contribution < 1.29 is 22.7 Å². The van der Waals surface area contributed by atoms with Crippen LogP contribution in [0.1, 0.15) is 12.5 Å². The molecule has 1 aromatic carbocycles. The molecular formula is C17H27N3O5S. The molecule has 1 saturated heterocycles. The van der Waals surface area contributed by atoms with Crippen LogP contribution in [0, 0.1) is 6.92 Å². The number of hydrogen-bond acceptors (Lipinski definition) is 6. The number of carbonyl (C=O) groups excluding carboxylic acids is 1. The number of rotatable bonds is 8. The number of amides is 1. The van der Waals surface area contributed by atoms with Crippen molar-refractivity contribution in [1.29, 1.82) is 0 Å². The van der Waals surface area contributed by atoms with Gasteiger partial charge < -0.3 is 14.8 Å². The number of ether oxygens (including phenoxy) is 2. The number of nitrogens with one attached hydrogen (secondary N) is 2. The summed E-state index contributed by atoms with van der Waals surface area (Å²) in [6, 6.07) is 3.98. The first kappa shape index (κ1) is 20.6. The van der Waals surface area contributed by atoms with Gasteiger partial charge >= 0.3 is 0 Å². The van der Waals surface area contributed by atoms with Crippen LogP contribution in [-0.2, 0) is 19.6 Å². The van der Waals surface area contributed by atoms with E-state index < -0.39 is 16.1 Å². The molecule has 2 N–H and O–H groups in total. The summed E-state index contributed by atoms with van der Waals surface area (Å²) in [5, 5.41) is 2.76. The first-order valence-electron chi connectivity index (χ1n) is 8.58. The first-order chi connectivity index (χ1) is 12.3. The van der Waals surface area contributed by atoms with E-state index in [-0.39, 0.29) is 16.6 Å². The van der Waals surface area contributed by atoms with Crippen LogP contribution >= 0.6 is 0 Å². The molecule has 1 heterocycles. The van der Waals surface area contributed by atoms with E-state index in [0.717, 1.165) is 18.7 Å². The second kappa shape index (κ2) is 9.31. The number of carbonyl (C=O) groups is 1. The second-order valence-corrected chi connectivity index (χ2v) is 7.92. The third-order valence-corrected chi connectivity index (χ3v) is 5.73. The second-order valence-electron chi connectivity index (χ2n) is 6.24. The van der Waals surface area contributed by atoms with Crippen molar-refractivity contribution in [3.8, 4) is 5.75 Å². The van der Waals surface area contributed by atoms with E-state index in [9.17, 15) is 13.2 Å². The highest BCUT2D eigenvalue weighted by atomic mass is 32.2. The zero-order chi connectivity index (χ0) is 19.2. The van der Waals surface area contributed by atoms with E-state index in [1.807, 2.05) is 0 Å². The van der Waals surface area contributed by atoms with Gasteiger partial charge in [-0.2, -0.15) is 4.72 Å². The minimum atomic E-state index is -3.88. The zero-order valence-electron chi connectivity index (χ0n) is 15.4. The van der Waals surface area contributed by atoms with Crippen molar-refractivity contribution >= 4 is 15.9 Å². The molecule has 1 atom stereocenters. The summed E-state index contributed by atoms with van der Waals surface area (Å²) in [5.74, 6) is -0.128. The number of aryl methyl sites for hydroxylation is 1. The van der Waals surface area contributed by atoms with E-state index in [0.29, 0.717) is 26.3 Å². The smallest absolute Gasteiger partial charge is 0.244 e. The van der Waals surface area contributed by atoms with E-state index in [2.05, 4.69) is 14.9 Å². The number of hydrogen-bond donors (Lipinski definition) is 2. The average Bonchev–Trinajstić information content (AvgIpc) is 2.62. The van der Waals surface area contributed by atoms with Crippen LogP contribution in [0.5, 0.6) is 5.75 Å². The van der Waals surface area contributed by atoms with Crippen LogP contribution in [0.3, 0.4) is 0 Å². The molecule has 146 valence electrons. The Morgan fingerprint density at radius 2 is 2.04 bits per heavy atom. The van der Waals surface area contributed by atoms with Gasteiger partial charge in [-0.05, 0) is 31.5 Å². The highest BCUT2D eigenvalue weighted by Crippen LogP contribution is 2.24. The Hall–Kier alpha value is -1.68. The fourth-order valence-corrected chi connectivity index (χ4v) is 4.12. The normalized spacial score (nSPS) is 16.9. The maximum atomic E-state index is 12.6. The molecule has 1 aromatic rings. The van der Waals surface area contributed by atoms with Gasteiger partial charge in [0.15, 0.2) is 0 Å². The number of methoxy groups -OCH3 is 1. The minimum Gasteiger partial charge on any atom is -0.495 e. The van der Waals surface area contributed by atoms with Crippen molar-refractivity contribution in [3.63, 3.8) is 0 Å². The molecule has 1 fully saturated rings. The van der Waals surface area contributed by atoms with Gasteiger partial charge in [-0.3, -0.25) is 9.69 Å². The van der Waals surface area contributed by atoms with Gasteiger partial charge in [0.2, 0.25) is 15.9 Å². The molecule has 8 nitrogen and oxygen atoms in total. The van der Waals surface area contributed by atoms with Crippen molar-refractivity contribution in [2.75, 3.05) is 46.5 Å². The predicted molar refractivity (Wildman–Crippen MR) is 97.8 cm³/mol. The number of sulfonamides is 1. The molecule has 0 spiro atoms. The number of nitrogens with zero attached hydrogens (tertiary/aromatic N) is 1. The monoisotopic (exact) mass is 385 g/mol. The van der Waals surface area contributed by atoms with Gasteiger partial charge in [0, 0.05) is 26.2 Å². The van der Waals surface area contributed by atoms with Gasteiger partial charge in [-0.25, -0.2) is 8.42 Å². The highest BCUT2D eigenvalue weighted by molar-refractivity contribution is 7.89. The first-order valence-corrected chi connectivity index (χ1v) is 10.1. The Bertz CT molecular complexity index is 717. The minimum absolute atomic E-state index is 0.0213. The van der Waals surface area contributed by atoms with E-state index in [1.54, 1.807) is 19.1 Å². The fourth-order valence-electron chi connectivity index (χ4n) is 2.66. The summed E-state index contributed by atoms with van der Waals surface area (Å²) >= 11 is 0.